The van der Waals surface area contributed by atoms with Crippen molar-refractivity contribution in [3.05, 3.63) is 29.8 Å². The SMILES string of the molecule is CCCCOC(=O)c1ccccc1NC(=O)N1CCN(CCCN(C)C)CC1. The van der Waals surface area contributed by atoms with Gasteiger partial charge in [-0.3, -0.25) is 4.90 Å². The van der Waals surface area contributed by atoms with E-state index in [1.807, 2.05) is 11.8 Å². The van der Waals surface area contributed by atoms with Gasteiger partial charge in [-0.25, -0.2) is 9.59 Å². The molecule has 1 fully saturated rings. The number of piperazine rings is 1. The molecule has 1 aliphatic rings. The Morgan fingerprint density at radius 3 is 2.50 bits per heavy atom. The Hall–Kier alpha value is -2.12. The number of esters is 1. The van der Waals surface area contributed by atoms with Crippen LogP contribution >= 0.6 is 0 Å². The van der Waals surface area contributed by atoms with Crippen molar-refractivity contribution in [3.8, 4) is 0 Å². The molecule has 1 aliphatic heterocycles. The summed E-state index contributed by atoms with van der Waals surface area (Å²) >= 11 is 0. The number of carbonyl (C=O) groups is 2. The molecule has 1 aromatic rings. The maximum absolute atomic E-state index is 12.7. The molecule has 7 heteroatoms. The Bertz CT molecular complexity index is 628. The van der Waals surface area contributed by atoms with Gasteiger partial charge < -0.3 is 19.9 Å². The standard InChI is InChI=1S/C21H34N4O3/c1-4-5-17-28-20(26)18-9-6-7-10-19(18)22-21(27)25-15-13-24(14-16-25)12-8-11-23(2)3/h6-7,9-10H,4-5,8,11-17H2,1-3H3,(H,22,27). The fraction of sp³-hybridized carbons (Fsp3) is 0.619. The number of amides is 2. The van der Waals surface area contributed by atoms with Crippen molar-refractivity contribution in [1.82, 2.24) is 14.7 Å². The second-order valence-corrected chi connectivity index (χ2v) is 7.45. The first-order valence-corrected chi connectivity index (χ1v) is 10.2. The fourth-order valence-corrected chi connectivity index (χ4v) is 3.14. The fourth-order valence-electron chi connectivity index (χ4n) is 3.14. The molecule has 0 radical (unpaired) electrons. The van der Waals surface area contributed by atoms with Crippen molar-refractivity contribution in [2.24, 2.45) is 0 Å². The number of hydrogen-bond acceptors (Lipinski definition) is 5. The largest absolute Gasteiger partial charge is 0.462 e. The van der Waals surface area contributed by atoms with Crippen LogP contribution in [0.2, 0.25) is 0 Å². The number of benzene rings is 1. The highest BCUT2D eigenvalue weighted by Crippen LogP contribution is 2.17. The average Bonchev–Trinajstić information content (AvgIpc) is 2.68. The first-order chi connectivity index (χ1) is 13.5. The lowest BCUT2D eigenvalue weighted by Crippen LogP contribution is -2.50. The van der Waals surface area contributed by atoms with E-state index in [1.54, 1.807) is 24.3 Å². The lowest BCUT2D eigenvalue weighted by Gasteiger charge is -2.35. The predicted octanol–water partition coefficient (Wildman–Crippen LogP) is 2.74. The zero-order chi connectivity index (χ0) is 20.4. The van der Waals surface area contributed by atoms with Crippen molar-refractivity contribution >= 4 is 17.7 Å². The van der Waals surface area contributed by atoms with Crippen LogP contribution in [0.4, 0.5) is 10.5 Å². The molecule has 156 valence electrons. The number of rotatable bonds is 9. The number of unbranched alkanes of at least 4 members (excludes halogenated alkanes) is 1. The third-order valence-electron chi connectivity index (χ3n) is 4.86. The normalized spacial score (nSPS) is 14.9. The number of nitrogens with one attached hydrogen (secondary N) is 1. The molecule has 1 aromatic carbocycles. The van der Waals surface area contributed by atoms with E-state index in [9.17, 15) is 9.59 Å². The third-order valence-corrected chi connectivity index (χ3v) is 4.86. The number of para-hydroxylation sites is 1. The monoisotopic (exact) mass is 390 g/mol. The van der Waals surface area contributed by atoms with Crippen LogP contribution in [0.25, 0.3) is 0 Å². The summed E-state index contributed by atoms with van der Waals surface area (Å²) in [5.41, 5.74) is 0.900. The molecule has 1 saturated heterocycles. The van der Waals surface area contributed by atoms with Crippen LogP contribution in [0, 0.1) is 0 Å². The van der Waals surface area contributed by atoms with Gasteiger partial charge in [0, 0.05) is 26.2 Å². The molecular formula is C21H34N4O3. The lowest BCUT2D eigenvalue weighted by atomic mass is 10.2. The first kappa shape index (κ1) is 22.2. The number of ether oxygens (including phenoxy) is 1. The summed E-state index contributed by atoms with van der Waals surface area (Å²) in [6.07, 6.45) is 2.93. The highest BCUT2D eigenvalue weighted by Gasteiger charge is 2.22. The number of hydrogen-bond donors (Lipinski definition) is 1. The van der Waals surface area contributed by atoms with Gasteiger partial charge in [-0.1, -0.05) is 25.5 Å². The van der Waals surface area contributed by atoms with Gasteiger partial charge in [0.2, 0.25) is 0 Å². The molecule has 1 heterocycles. The van der Waals surface area contributed by atoms with Crippen molar-refractivity contribution in [2.45, 2.75) is 26.2 Å². The van der Waals surface area contributed by atoms with Crippen LogP contribution in [0.5, 0.6) is 0 Å². The quantitative estimate of drug-likeness (QED) is 0.519. The van der Waals surface area contributed by atoms with Crippen molar-refractivity contribution in [2.75, 3.05) is 65.3 Å². The maximum Gasteiger partial charge on any atom is 0.340 e. The van der Waals surface area contributed by atoms with Crippen LogP contribution in [0.3, 0.4) is 0 Å². The van der Waals surface area contributed by atoms with Crippen molar-refractivity contribution in [3.63, 3.8) is 0 Å². The van der Waals surface area contributed by atoms with Crippen LogP contribution in [0.1, 0.15) is 36.5 Å². The zero-order valence-electron chi connectivity index (χ0n) is 17.4. The number of nitrogens with zero attached hydrogens (tertiary/aromatic N) is 3. The minimum atomic E-state index is -0.393. The lowest BCUT2D eigenvalue weighted by molar-refractivity contribution is 0.0501. The molecule has 0 unspecified atom stereocenters. The number of urea groups is 1. The molecule has 1 N–H and O–H groups in total. The van der Waals surface area contributed by atoms with Gasteiger partial charge in [-0.15, -0.1) is 0 Å². The van der Waals surface area contributed by atoms with E-state index in [0.717, 1.165) is 45.4 Å². The number of carbonyl (C=O) groups excluding carboxylic acids is 2. The van der Waals surface area contributed by atoms with Crippen molar-refractivity contribution < 1.29 is 14.3 Å². The van der Waals surface area contributed by atoms with Gasteiger partial charge in [0.05, 0.1) is 17.9 Å². The van der Waals surface area contributed by atoms with E-state index < -0.39 is 5.97 Å². The van der Waals surface area contributed by atoms with Crippen LogP contribution < -0.4 is 5.32 Å². The molecule has 0 aliphatic carbocycles. The summed E-state index contributed by atoms with van der Waals surface area (Å²) in [6.45, 7) is 7.71. The van der Waals surface area contributed by atoms with Gasteiger partial charge in [0.15, 0.2) is 0 Å². The zero-order valence-corrected chi connectivity index (χ0v) is 17.4. The number of anilines is 1. The van der Waals surface area contributed by atoms with Crippen LogP contribution in [-0.2, 0) is 4.74 Å². The second kappa shape index (κ2) is 11.7. The molecule has 0 spiro atoms. The molecule has 2 rings (SSSR count). The van der Waals surface area contributed by atoms with Gasteiger partial charge in [-0.05, 0) is 52.2 Å². The average molecular weight is 391 g/mol. The minimum absolute atomic E-state index is 0.165. The molecule has 2 amide bonds. The topological polar surface area (TPSA) is 65.1 Å². The highest BCUT2D eigenvalue weighted by molar-refractivity contribution is 6.00. The highest BCUT2D eigenvalue weighted by atomic mass is 16.5. The van der Waals surface area contributed by atoms with Gasteiger partial charge in [-0.2, -0.15) is 0 Å². The summed E-state index contributed by atoms with van der Waals surface area (Å²) in [7, 11) is 4.17. The Morgan fingerprint density at radius 1 is 1.11 bits per heavy atom. The molecule has 0 atom stereocenters. The maximum atomic E-state index is 12.7. The molecule has 0 saturated carbocycles. The third kappa shape index (κ3) is 7.13. The molecule has 7 nitrogen and oxygen atoms in total. The Labute approximate surface area is 168 Å². The Morgan fingerprint density at radius 2 is 1.82 bits per heavy atom. The molecule has 28 heavy (non-hydrogen) atoms. The minimum Gasteiger partial charge on any atom is -0.462 e. The summed E-state index contributed by atoms with van der Waals surface area (Å²) in [6, 6.07) is 6.85. The van der Waals surface area contributed by atoms with E-state index in [1.165, 1.54) is 0 Å². The first-order valence-electron chi connectivity index (χ1n) is 10.2. The van der Waals surface area contributed by atoms with E-state index in [-0.39, 0.29) is 6.03 Å². The molecular weight excluding hydrogens is 356 g/mol. The summed E-state index contributed by atoms with van der Waals surface area (Å²) in [5, 5.41) is 2.89. The van der Waals surface area contributed by atoms with Gasteiger partial charge in [0.25, 0.3) is 0 Å². The van der Waals surface area contributed by atoms with E-state index in [0.29, 0.717) is 30.9 Å². The Kier molecular flexibility index (Phi) is 9.23. The summed E-state index contributed by atoms with van der Waals surface area (Å²) in [4.78, 5) is 31.3. The van der Waals surface area contributed by atoms with E-state index in [2.05, 4.69) is 29.2 Å². The Balaban J connectivity index is 1.84. The van der Waals surface area contributed by atoms with Crippen LogP contribution in [0.15, 0.2) is 24.3 Å². The summed E-state index contributed by atoms with van der Waals surface area (Å²) in [5.74, 6) is -0.393. The molecule has 0 aromatic heterocycles. The summed E-state index contributed by atoms with van der Waals surface area (Å²) < 4.78 is 5.29. The van der Waals surface area contributed by atoms with Gasteiger partial charge in [0.1, 0.15) is 0 Å². The smallest absolute Gasteiger partial charge is 0.340 e. The second-order valence-electron chi connectivity index (χ2n) is 7.45. The van der Waals surface area contributed by atoms with Crippen LogP contribution in [-0.4, -0.2) is 86.7 Å². The van der Waals surface area contributed by atoms with E-state index >= 15 is 0 Å². The van der Waals surface area contributed by atoms with Crippen molar-refractivity contribution in [1.29, 1.82) is 0 Å². The molecule has 0 bridgehead atoms. The predicted molar refractivity (Wildman–Crippen MR) is 112 cm³/mol. The van der Waals surface area contributed by atoms with E-state index in [4.69, 9.17) is 4.74 Å². The van der Waals surface area contributed by atoms with Gasteiger partial charge >= 0.3 is 12.0 Å².